The van der Waals surface area contributed by atoms with Gasteiger partial charge in [0.05, 0.1) is 6.54 Å². The zero-order chi connectivity index (χ0) is 18.5. The van der Waals surface area contributed by atoms with Gasteiger partial charge in [-0.1, -0.05) is 34.1 Å². The zero-order valence-corrected chi connectivity index (χ0v) is 20.2. The summed E-state index contributed by atoms with van der Waals surface area (Å²) in [7, 11) is 3.71. The molecule has 1 aromatic heterocycles. The first-order valence-electron chi connectivity index (χ1n) is 8.56. The summed E-state index contributed by atoms with van der Waals surface area (Å²) in [5.74, 6) is 0.819. The van der Waals surface area contributed by atoms with Crippen LogP contribution in [0.5, 0.6) is 0 Å². The van der Waals surface area contributed by atoms with Crippen LogP contribution in [-0.2, 0) is 24.3 Å². The second-order valence-electron chi connectivity index (χ2n) is 6.28. The van der Waals surface area contributed by atoms with Crippen molar-refractivity contribution in [2.75, 3.05) is 27.2 Å². The first kappa shape index (κ1) is 22.2. The van der Waals surface area contributed by atoms with Crippen molar-refractivity contribution in [2.24, 2.45) is 4.99 Å². The molecule has 0 saturated heterocycles. The van der Waals surface area contributed by atoms with Gasteiger partial charge in [-0.2, -0.15) is 0 Å². The van der Waals surface area contributed by atoms with Crippen LogP contribution in [0.15, 0.2) is 45.2 Å². The molecule has 3 rings (SSSR count). The largest absolute Gasteiger partial charge is 0.347 e. The first-order chi connectivity index (χ1) is 12.6. The molecule has 1 aliphatic rings. The number of amides is 1. The molecule has 0 radical (unpaired) electrons. The molecule has 1 N–H and O–H groups in total. The topological polar surface area (TPSA) is 47.9 Å². The van der Waals surface area contributed by atoms with E-state index in [9.17, 15) is 4.79 Å². The van der Waals surface area contributed by atoms with E-state index in [1.165, 1.54) is 16.0 Å². The van der Waals surface area contributed by atoms with Crippen LogP contribution in [-0.4, -0.2) is 48.9 Å². The van der Waals surface area contributed by atoms with Crippen molar-refractivity contribution in [3.8, 4) is 0 Å². The average molecular weight is 563 g/mol. The van der Waals surface area contributed by atoms with Gasteiger partial charge >= 0.3 is 0 Å². The number of guanidine groups is 1. The number of aliphatic imine (C=N–C) groups is 1. The van der Waals surface area contributed by atoms with Crippen LogP contribution in [0.25, 0.3) is 0 Å². The number of carbonyl (C=O) groups is 1. The Labute approximate surface area is 190 Å². The van der Waals surface area contributed by atoms with Crippen LogP contribution in [0.4, 0.5) is 0 Å². The highest BCUT2D eigenvalue weighted by molar-refractivity contribution is 14.0. The third kappa shape index (κ3) is 5.68. The summed E-state index contributed by atoms with van der Waals surface area (Å²) in [6.07, 6.45) is 0.954. The molecule has 5 nitrogen and oxygen atoms in total. The van der Waals surface area contributed by atoms with Gasteiger partial charge in [-0.25, -0.2) is 0 Å². The molecule has 27 heavy (non-hydrogen) atoms. The third-order valence-corrected chi connectivity index (χ3v) is 6.29. The van der Waals surface area contributed by atoms with Crippen LogP contribution >= 0.6 is 51.2 Å². The molecule has 8 heteroatoms. The lowest BCUT2D eigenvalue weighted by Gasteiger charge is -2.28. The van der Waals surface area contributed by atoms with E-state index in [2.05, 4.69) is 43.8 Å². The zero-order valence-electron chi connectivity index (χ0n) is 15.4. The highest BCUT2D eigenvalue weighted by atomic mass is 127. The maximum atomic E-state index is 12.6. The third-order valence-electron chi connectivity index (χ3n) is 4.50. The average Bonchev–Trinajstić information content (AvgIpc) is 3.11. The molecule has 1 amide bonds. The quantitative estimate of drug-likeness (QED) is 0.351. The van der Waals surface area contributed by atoms with Crippen LogP contribution in [0, 0.1) is 0 Å². The Kier molecular flexibility index (Phi) is 8.56. The molecule has 146 valence electrons. The van der Waals surface area contributed by atoms with Gasteiger partial charge in [-0.05, 0) is 35.1 Å². The fourth-order valence-corrected chi connectivity index (χ4v) is 4.37. The highest BCUT2D eigenvalue weighted by Crippen LogP contribution is 2.23. The Morgan fingerprint density at radius 1 is 1.37 bits per heavy atom. The fourth-order valence-electron chi connectivity index (χ4n) is 3.07. The number of thiophene rings is 1. The monoisotopic (exact) mass is 562 g/mol. The summed E-state index contributed by atoms with van der Waals surface area (Å²) in [5.41, 5.74) is 2.45. The normalized spacial score (nSPS) is 13.6. The number of fused-ring (bicyclic) bond motifs is 1. The number of benzene rings is 1. The van der Waals surface area contributed by atoms with Gasteiger partial charge in [0.1, 0.15) is 0 Å². The Morgan fingerprint density at radius 2 is 2.15 bits per heavy atom. The number of nitrogens with one attached hydrogen (secondary N) is 1. The van der Waals surface area contributed by atoms with E-state index in [1.54, 1.807) is 18.4 Å². The fraction of sp³-hybridized carbons (Fsp3) is 0.368. The molecule has 0 atom stereocenters. The molecular formula is C19H24BrIN4OS. The minimum Gasteiger partial charge on any atom is -0.347 e. The molecule has 0 aliphatic carbocycles. The van der Waals surface area contributed by atoms with Gasteiger partial charge in [0.25, 0.3) is 0 Å². The van der Waals surface area contributed by atoms with Crippen molar-refractivity contribution in [1.29, 1.82) is 0 Å². The number of hydrogen-bond donors (Lipinski definition) is 1. The van der Waals surface area contributed by atoms with E-state index in [4.69, 9.17) is 0 Å². The van der Waals surface area contributed by atoms with Crippen molar-refractivity contribution in [2.45, 2.75) is 19.5 Å². The Hall–Kier alpha value is -1.13. The van der Waals surface area contributed by atoms with E-state index in [0.29, 0.717) is 19.0 Å². The number of halogens is 2. The lowest BCUT2D eigenvalue weighted by atomic mass is 10.1. The summed E-state index contributed by atoms with van der Waals surface area (Å²) in [6, 6.07) is 10.2. The summed E-state index contributed by atoms with van der Waals surface area (Å²) in [5, 5.41) is 5.30. The maximum Gasteiger partial charge on any atom is 0.242 e. The Bertz CT molecular complexity index is 811. The van der Waals surface area contributed by atoms with Gasteiger partial charge in [-0.15, -0.1) is 35.3 Å². The van der Waals surface area contributed by atoms with Crippen molar-refractivity contribution >= 4 is 63.1 Å². The Balaban J connectivity index is 0.00000261. The molecule has 2 aromatic rings. The van der Waals surface area contributed by atoms with E-state index in [-0.39, 0.29) is 36.4 Å². The molecule has 0 saturated carbocycles. The second kappa shape index (κ2) is 10.4. The van der Waals surface area contributed by atoms with Crippen molar-refractivity contribution in [1.82, 2.24) is 15.1 Å². The number of hydrogen-bond acceptors (Lipinski definition) is 3. The predicted molar refractivity (Wildman–Crippen MR) is 126 cm³/mol. The lowest BCUT2D eigenvalue weighted by molar-refractivity contribution is -0.130. The number of nitrogens with zero attached hydrogens (tertiary/aromatic N) is 3. The molecule has 1 aromatic carbocycles. The Morgan fingerprint density at radius 3 is 2.89 bits per heavy atom. The first-order valence-corrected chi connectivity index (χ1v) is 10.2. The van der Waals surface area contributed by atoms with Gasteiger partial charge < -0.3 is 15.1 Å². The van der Waals surface area contributed by atoms with Gasteiger partial charge in [0.2, 0.25) is 5.91 Å². The highest BCUT2D eigenvalue weighted by Gasteiger charge is 2.21. The minimum atomic E-state index is 0. The maximum absolute atomic E-state index is 12.6. The van der Waals surface area contributed by atoms with Crippen LogP contribution < -0.4 is 5.32 Å². The van der Waals surface area contributed by atoms with Crippen LogP contribution in [0.3, 0.4) is 0 Å². The second-order valence-corrected chi connectivity index (χ2v) is 8.14. The van der Waals surface area contributed by atoms with Gasteiger partial charge in [0.15, 0.2) is 5.96 Å². The molecule has 0 fully saturated rings. The molecular weight excluding hydrogens is 539 g/mol. The smallest absolute Gasteiger partial charge is 0.242 e. The predicted octanol–water partition coefficient (Wildman–Crippen LogP) is 3.72. The van der Waals surface area contributed by atoms with E-state index >= 15 is 0 Å². The molecule has 0 unspecified atom stereocenters. The summed E-state index contributed by atoms with van der Waals surface area (Å²) in [6.45, 7) is 2.47. The number of rotatable bonds is 4. The van der Waals surface area contributed by atoms with Crippen LogP contribution in [0.2, 0.25) is 0 Å². The van der Waals surface area contributed by atoms with Gasteiger partial charge in [0, 0.05) is 43.1 Å². The summed E-state index contributed by atoms with van der Waals surface area (Å²) < 4.78 is 1.07. The van der Waals surface area contributed by atoms with Crippen molar-refractivity contribution < 1.29 is 4.79 Å². The van der Waals surface area contributed by atoms with E-state index in [1.807, 2.05) is 35.0 Å². The van der Waals surface area contributed by atoms with E-state index in [0.717, 1.165) is 17.4 Å². The SMILES string of the molecule is CN=C(NCC(=O)N1CCc2sccc2C1)N(C)Cc1ccccc1Br.I. The number of carbonyl (C=O) groups excluding carboxylic acids is 1. The molecule has 1 aliphatic heterocycles. The minimum absolute atomic E-state index is 0. The summed E-state index contributed by atoms with van der Waals surface area (Å²) >= 11 is 5.36. The lowest BCUT2D eigenvalue weighted by Crippen LogP contribution is -2.46. The van der Waals surface area contributed by atoms with Crippen molar-refractivity contribution in [3.63, 3.8) is 0 Å². The molecule has 0 bridgehead atoms. The summed E-state index contributed by atoms with van der Waals surface area (Å²) in [4.78, 5) is 22.2. The van der Waals surface area contributed by atoms with Gasteiger partial charge in [-0.3, -0.25) is 9.79 Å². The molecule has 0 spiro atoms. The van der Waals surface area contributed by atoms with Crippen LogP contribution in [0.1, 0.15) is 16.0 Å². The van der Waals surface area contributed by atoms with Crippen molar-refractivity contribution in [3.05, 3.63) is 56.2 Å². The standard InChI is InChI=1S/C19H23BrN4OS.HI/c1-21-19(23(2)12-14-5-3-4-6-16(14)20)22-11-18(25)24-9-7-17-15(13-24)8-10-26-17;/h3-6,8,10H,7,9,11-13H2,1-2H3,(H,21,22);1H. The van der Waals surface area contributed by atoms with E-state index < -0.39 is 0 Å². The molecule has 2 heterocycles.